The molecule has 4 nitrogen and oxygen atoms in total. The predicted octanol–water partition coefficient (Wildman–Crippen LogP) is 6.61. The summed E-state index contributed by atoms with van der Waals surface area (Å²) < 4.78 is 59.4. The van der Waals surface area contributed by atoms with E-state index in [0.29, 0.717) is 41.5 Å². The fourth-order valence-electron chi connectivity index (χ4n) is 3.89. The highest BCUT2D eigenvalue weighted by molar-refractivity contribution is 5.96. The van der Waals surface area contributed by atoms with Gasteiger partial charge in [0.2, 0.25) is 0 Å². The van der Waals surface area contributed by atoms with Crippen LogP contribution in [0.1, 0.15) is 51.9 Å². The Morgan fingerprint density at radius 2 is 1.73 bits per heavy atom. The van der Waals surface area contributed by atoms with E-state index in [1.165, 1.54) is 36.7 Å². The highest BCUT2D eigenvalue weighted by Crippen LogP contribution is 2.44. The van der Waals surface area contributed by atoms with Crippen LogP contribution in [0.5, 0.6) is 5.75 Å². The van der Waals surface area contributed by atoms with E-state index >= 15 is 0 Å². The molecule has 0 unspecified atom stereocenters. The number of halogens is 4. The van der Waals surface area contributed by atoms with Crippen molar-refractivity contribution in [3.8, 4) is 5.75 Å². The van der Waals surface area contributed by atoms with Gasteiger partial charge in [0.25, 0.3) is 0 Å². The predicted molar refractivity (Wildman–Crippen MR) is 114 cm³/mol. The van der Waals surface area contributed by atoms with Gasteiger partial charge in [-0.3, -0.25) is 4.98 Å². The Labute approximate surface area is 187 Å². The van der Waals surface area contributed by atoms with Gasteiger partial charge in [-0.05, 0) is 77.9 Å². The number of aromatic nitrogens is 1. The van der Waals surface area contributed by atoms with Gasteiger partial charge < -0.3 is 9.84 Å². The van der Waals surface area contributed by atoms with Gasteiger partial charge in [-0.25, -0.2) is 9.18 Å². The number of nitrogens with zero attached hydrogens (tertiary/aromatic N) is 1. The van der Waals surface area contributed by atoms with Crippen LogP contribution in [-0.4, -0.2) is 16.1 Å². The molecule has 0 aliphatic heterocycles. The average molecular weight is 457 g/mol. The molecule has 3 aromatic rings. The smallest absolute Gasteiger partial charge is 0.416 e. The molecule has 1 heterocycles. The van der Waals surface area contributed by atoms with Crippen LogP contribution >= 0.6 is 0 Å². The fourth-order valence-corrected chi connectivity index (χ4v) is 3.89. The second kappa shape index (κ2) is 9.05. The van der Waals surface area contributed by atoms with Crippen LogP contribution in [0.3, 0.4) is 0 Å². The Morgan fingerprint density at radius 1 is 1.00 bits per heavy atom. The summed E-state index contributed by atoms with van der Waals surface area (Å²) >= 11 is 0. The van der Waals surface area contributed by atoms with Crippen LogP contribution in [0.2, 0.25) is 0 Å². The molecule has 0 fully saturated rings. The van der Waals surface area contributed by atoms with E-state index in [4.69, 9.17) is 4.74 Å². The Kier molecular flexibility index (Phi) is 6.18. The summed E-state index contributed by atoms with van der Waals surface area (Å²) in [7, 11) is 0. The van der Waals surface area contributed by atoms with Crippen molar-refractivity contribution in [1.29, 1.82) is 0 Å². The quantitative estimate of drug-likeness (QED) is 0.423. The summed E-state index contributed by atoms with van der Waals surface area (Å²) in [4.78, 5) is 15.3. The highest BCUT2D eigenvalue weighted by Gasteiger charge is 2.32. The van der Waals surface area contributed by atoms with Crippen molar-refractivity contribution >= 4 is 17.1 Å². The van der Waals surface area contributed by atoms with Crippen molar-refractivity contribution in [3.05, 3.63) is 94.6 Å². The molecular formula is C25H19F4NO3. The molecule has 1 aliphatic rings. The van der Waals surface area contributed by atoms with Gasteiger partial charge in [-0.15, -0.1) is 0 Å². The molecule has 0 saturated heterocycles. The normalized spacial score (nSPS) is 13.9. The maximum atomic E-state index is 13.5. The van der Waals surface area contributed by atoms with Gasteiger partial charge in [-0.2, -0.15) is 13.2 Å². The molecule has 1 N–H and O–H groups in total. The lowest BCUT2D eigenvalue weighted by atomic mass is 9.95. The summed E-state index contributed by atoms with van der Waals surface area (Å²) in [6.45, 7) is 0.0529. The fraction of sp³-hybridized carbons (Fsp3) is 0.200. The summed E-state index contributed by atoms with van der Waals surface area (Å²) in [6.07, 6.45) is 0.000811. The SMILES string of the molecule is O=C(O)c1cncc(C2=C(c3cc(C(F)(F)F)ccc3OCc3ccc(F)cc3)CCC2)c1. The Morgan fingerprint density at radius 3 is 2.42 bits per heavy atom. The molecule has 0 radical (unpaired) electrons. The van der Waals surface area contributed by atoms with Crippen molar-refractivity contribution in [3.63, 3.8) is 0 Å². The van der Waals surface area contributed by atoms with E-state index in [2.05, 4.69) is 4.98 Å². The van der Waals surface area contributed by atoms with E-state index < -0.39 is 23.5 Å². The van der Waals surface area contributed by atoms with E-state index in [-0.39, 0.29) is 17.9 Å². The zero-order chi connectivity index (χ0) is 23.6. The molecular weight excluding hydrogens is 438 g/mol. The number of aromatic carboxylic acids is 1. The lowest BCUT2D eigenvalue weighted by Crippen LogP contribution is -2.07. The number of hydrogen-bond donors (Lipinski definition) is 1. The second-order valence-corrected chi connectivity index (χ2v) is 7.70. The highest BCUT2D eigenvalue weighted by atomic mass is 19.4. The summed E-state index contributed by atoms with van der Waals surface area (Å²) in [5.74, 6) is -1.26. The number of rotatable bonds is 6. The third kappa shape index (κ3) is 5.05. The van der Waals surface area contributed by atoms with Crippen LogP contribution < -0.4 is 4.74 Å². The lowest BCUT2D eigenvalue weighted by molar-refractivity contribution is -0.137. The van der Waals surface area contributed by atoms with E-state index in [1.807, 2.05) is 0 Å². The van der Waals surface area contributed by atoms with Crippen molar-refractivity contribution in [2.75, 3.05) is 0 Å². The number of carboxylic acid groups (broad SMARTS) is 1. The van der Waals surface area contributed by atoms with Crippen LogP contribution in [0.15, 0.2) is 60.9 Å². The van der Waals surface area contributed by atoms with E-state index in [0.717, 1.165) is 17.7 Å². The van der Waals surface area contributed by atoms with Crippen LogP contribution in [-0.2, 0) is 12.8 Å². The maximum Gasteiger partial charge on any atom is 0.416 e. The number of pyridine rings is 1. The molecule has 4 rings (SSSR count). The first-order chi connectivity index (χ1) is 15.7. The molecule has 2 aromatic carbocycles. The summed E-state index contributed by atoms with van der Waals surface area (Å²) in [5, 5.41) is 9.28. The van der Waals surface area contributed by atoms with Gasteiger partial charge in [-0.1, -0.05) is 12.1 Å². The molecule has 170 valence electrons. The van der Waals surface area contributed by atoms with Crippen molar-refractivity contribution in [2.45, 2.75) is 32.0 Å². The number of carboxylic acids is 1. The minimum Gasteiger partial charge on any atom is -0.488 e. The second-order valence-electron chi connectivity index (χ2n) is 7.70. The molecule has 0 amide bonds. The maximum absolute atomic E-state index is 13.5. The standard InChI is InChI=1S/C25H19F4NO3/c26-19-7-4-15(5-8-19)14-33-23-9-6-18(25(27,28)29)11-22(23)21-3-1-2-20(21)16-10-17(24(31)32)13-30-12-16/h4-13H,1-3,14H2,(H,31,32). The minimum absolute atomic E-state index is 0.00285. The zero-order valence-electron chi connectivity index (χ0n) is 17.3. The minimum atomic E-state index is -4.53. The average Bonchev–Trinajstić information content (AvgIpc) is 3.28. The van der Waals surface area contributed by atoms with Crippen LogP contribution in [0.4, 0.5) is 17.6 Å². The number of ether oxygens (including phenoxy) is 1. The first-order valence-corrected chi connectivity index (χ1v) is 10.2. The van der Waals surface area contributed by atoms with Gasteiger partial charge in [0.1, 0.15) is 18.2 Å². The molecule has 33 heavy (non-hydrogen) atoms. The molecule has 0 bridgehead atoms. The van der Waals surface area contributed by atoms with E-state index in [1.54, 1.807) is 12.1 Å². The zero-order valence-corrected chi connectivity index (χ0v) is 17.3. The summed E-state index contributed by atoms with van der Waals surface area (Å²) in [5.41, 5.74) is 2.15. The van der Waals surface area contributed by atoms with E-state index in [9.17, 15) is 27.5 Å². The molecule has 1 aromatic heterocycles. The third-order valence-electron chi connectivity index (χ3n) is 5.49. The topological polar surface area (TPSA) is 59.4 Å². The first-order valence-electron chi connectivity index (χ1n) is 10.2. The van der Waals surface area contributed by atoms with Crippen LogP contribution in [0.25, 0.3) is 11.1 Å². The Balaban J connectivity index is 1.77. The number of carbonyl (C=O) groups is 1. The number of benzene rings is 2. The number of allylic oxidation sites excluding steroid dienone is 2. The molecule has 0 saturated carbocycles. The number of alkyl halides is 3. The molecule has 0 spiro atoms. The molecule has 8 heteroatoms. The van der Waals surface area contributed by atoms with Gasteiger partial charge in [0.15, 0.2) is 0 Å². The van der Waals surface area contributed by atoms with Crippen molar-refractivity contribution < 1.29 is 32.2 Å². The number of hydrogen-bond acceptors (Lipinski definition) is 3. The van der Waals surface area contributed by atoms with Gasteiger partial charge >= 0.3 is 12.1 Å². The monoisotopic (exact) mass is 457 g/mol. The Hall–Kier alpha value is -3.68. The third-order valence-corrected chi connectivity index (χ3v) is 5.49. The lowest BCUT2D eigenvalue weighted by Gasteiger charge is -2.17. The molecule has 0 atom stereocenters. The Bertz CT molecular complexity index is 1220. The van der Waals surface area contributed by atoms with Crippen molar-refractivity contribution in [1.82, 2.24) is 4.98 Å². The molecule has 1 aliphatic carbocycles. The largest absolute Gasteiger partial charge is 0.488 e. The summed E-state index contributed by atoms with van der Waals surface area (Å²) in [6, 6.07) is 10.4. The van der Waals surface area contributed by atoms with Crippen LogP contribution in [0, 0.1) is 5.82 Å². The van der Waals surface area contributed by atoms with Crippen molar-refractivity contribution in [2.24, 2.45) is 0 Å². The van der Waals surface area contributed by atoms with Gasteiger partial charge in [0, 0.05) is 18.0 Å². The van der Waals surface area contributed by atoms with Gasteiger partial charge in [0.05, 0.1) is 11.1 Å². The first kappa shape index (κ1) is 22.5.